The Morgan fingerprint density at radius 2 is 1.54 bits per heavy atom. The fraction of sp³-hybridized carbons (Fsp3) is 0.375. The van der Waals surface area contributed by atoms with Crippen molar-refractivity contribution in [1.82, 2.24) is 9.78 Å². The molecule has 3 aromatic rings. The first kappa shape index (κ1) is 24.1. The van der Waals surface area contributed by atoms with Gasteiger partial charge in [-0.05, 0) is 86.6 Å². The van der Waals surface area contributed by atoms with Crippen LogP contribution in [0.25, 0.3) is 11.8 Å². The Hall–Kier alpha value is -4.00. The number of nitrogens with zero attached hydrogens (tertiary/aromatic N) is 4. The topological polar surface area (TPSA) is 76.8 Å². The monoisotopic (exact) mass is 520 g/mol. The van der Waals surface area contributed by atoms with Crippen molar-refractivity contribution in [2.24, 2.45) is 22.9 Å². The van der Waals surface area contributed by atoms with Gasteiger partial charge in [0.05, 0.1) is 41.9 Å². The van der Waals surface area contributed by atoms with E-state index in [1.165, 1.54) is 31.4 Å². The van der Waals surface area contributed by atoms with E-state index in [4.69, 9.17) is 9.84 Å². The molecule has 0 atom stereocenters. The molecule has 39 heavy (non-hydrogen) atoms. The molecule has 1 aromatic heterocycles. The third-order valence-electron chi connectivity index (χ3n) is 9.10. The molecule has 2 heterocycles. The van der Waals surface area contributed by atoms with Crippen molar-refractivity contribution in [2.45, 2.75) is 50.4 Å². The van der Waals surface area contributed by atoms with Crippen LogP contribution in [0.4, 0.5) is 5.69 Å². The number of anilines is 1. The molecule has 1 amide bonds. The van der Waals surface area contributed by atoms with Gasteiger partial charge < -0.3 is 4.74 Å². The van der Waals surface area contributed by atoms with Gasteiger partial charge in [0.1, 0.15) is 0 Å². The number of ether oxygens (including phenoxy) is 1. The molecule has 0 N–H and O–H groups in total. The lowest BCUT2D eigenvalue weighted by Gasteiger charge is -2.56. The van der Waals surface area contributed by atoms with E-state index in [2.05, 4.69) is 17.2 Å². The molecule has 0 unspecified atom stereocenters. The van der Waals surface area contributed by atoms with Gasteiger partial charge in [0.15, 0.2) is 0 Å². The summed E-state index contributed by atoms with van der Waals surface area (Å²) in [5.41, 5.74) is 4.54. The number of hydrazone groups is 1. The lowest BCUT2D eigenvalue weighted by Crippen LogP contribution is -2.49. The van der Waals surface area contributed by atoms with Gasteiger partial charge in [0.2, 0.25) is 0 Å². The first-order valence-corrected chi connectivity index (χ1v) is 13.9. The number of methoxy groups -OCH3 is 1. The van der Waals surface area contributed by atoms with Crippen molar-refractivity contribution in [1.29, 1.82) is 0 Å². The van der Waals surface area contributed by atoms with Crippen LogP contribution in [0.3, 0.4) is 0 Å². The average Bonchev–Trinajstić information content (AvgIpc) is 3.51. The Kier molecular flexibility index (Phi) is 5.76. The summed E-state index contributed by atoms with van der Waals surface area (Å²) < 4.78 is 6.89. The number of aromatic nitrogens is 2. The van der Waals surface area contributed by atoms with E-state index >= 15 is 0 Å². The Bertz CT molecular complexity index is 1450. The van der Waals surface area contributed by atoms with Crippen LogP contribution in [-0.4, -0.2) is 34.5 Å². The van der Waals surface area contributed by atoms with Gasteiger partial charge in [-0.25, -0.2) is 4.68 Å². The maximum atomic E-state index is 13.8. The van der Waals surface area contributed by atoms with Gasteiger partial charge in [0, 0.05) is 17.2 Å². The highest BCUT2D eigenvalue weighted by Crippen LogP contribution is 2.61. The predicted molar refractivity (Wildman–Crippen MR) is 149 cm³/mol. The molecule has 8 rings (SSSR count). The highest BCUT2D eigenvalue weighted by molar-refractivity contribution is 6.34. The van der Waals surface area contributed by atoms with Crippen LogP contribution in [0.15, 0.2) is 77.5 Å². The number of rotatable bonds is 6. The number of hydrogen-bond acceptors (Lipinski definition) is 5. The lowest BCUT2D eigenvalue weighted by atomic mass is 9.48. The van der Waals surface area contributed by atoms with E-state index < -0.39 is 5.97 Å². The van der Waals surface area contributed by atoms with Gasteiger partial charge in [-0.3, -0.25) is 9.59 Å². The highest BCUT2D eigenvalue weighted by Gasteiger charge is 2.53. The molecule has 7 heteroatoms. The van der Waals surface area contributed by atoms with Gasteiger partial charge in [-0.2, -0.15) is 15.2 Å². The summed E-state index contributed by atoms with van der Waals surface area (Å²) in [4.78, 5) is 26.1. The SMILES string of the molecule is COC(=O)CC1=NN(c2ccccc2)C(=O)C1=Cc1cn(-c2ccccc2)nc1C12CC3CC(CC(C3)C1)C2. The predicted octanol–water partition coefficient (Wildman–Crippen LogP) is 5.69. The normalized spacial score (nSPS) is 28.3. The molecule has 1 aliphatic heterocycles. The summed E-state index contributed by atoms with van der Waals surface area (Å²) >= 11 is 0. The molecule has 2 aromatic carbocycles. The van der Waals surface area contributed by atoms with Crippen LogP contribution in [-0.2, 0) is 19.7 Å². The van der Waals surface area contributed by atoms with Crippen molar-refractivity contribution < 1.29 is 14.3 Å². The number of carbonyl (C=O) groups excluding carboxylic acids is 2. The fourth-order valence-electron chi connectivity index (χ4n) is 7.86. The van der Waals surface area contributed by atoms with E-state index in [0.29, 0.717) is 17.0 Å². The summed E-state index contributed by atoms with van der Waals surface area (Å²) in [7, 11) is 1.35. The van der Waals surface area contributed by atoms with Crippen LogP contribution in [0, 0.1) is 17.8 Å². The Morgan fingerprint density at radius 1 is 0.949 bits per heavy atom. The molecular formula is C32H32N4O3. The van der Waals surface area contributed by atoms with Crippen LogP contribution in [0.1, 0.15) is 56.2 Å². The van der Waals surface area contributed by atoms with Crippen molar-refractivity contribution in [2.75, 3.05) is 12.1 Å². The number of hydrogen-bond donors (Lipinski definition) is 0. The van der Waals surface area contributed by atoms with Crippen molar-refractivity contribution >= 4 is 29.4 Å². The molecular weight excluding hydrogens is 488 g/mol. The lowest BCUT2D eigenvalue weighted by molar-refractivity contribution is -0.139. The molecule has 0 radical (unpaired) electrons. The zero-order valence-corrected chi connectivity index (χ0v) is 22.1. The smallest absolute Gasteiger partial charge is 0.311 e. The molecule has 198 valence electrons. The first-order chi connectivity index (χ1) is 19.0. The van der Waals surface area contributed by atoms with Crippen molar-refractivity contribution in [3.63, 3.8) is 0 Å². The van der Waals surface area contributed by atoms with Crippen molar-refractivity contribution in [3.05, 3.63) is 83.7 Å². The summed E-state index contributed by atoms with van der Waals surface area (Å²) in [5, 5.41) is 11.2. The second-order valence-corrected chi connectivity index (χ2v) is 11.7. The van der Waals surface area contributed by atoms with E-state index in [9.17, 15) is 9.59 Å². The molecule has 4 aliphatic carbocycles. The number of amides is 1. The maximum Gasteiger partial charge on any atom is 0.311 e. The van der Waals surface area contributed by atoms with Crippen LogP contribution in [0.2, 0.25) is 0 Å². The van der Waals surface area contributed by atoms with Gasteiger partial charge in [0.25, 0.3) is 5.91 Å². The van der Waals surface area contributed by atoms with Crippen molar-refractivity contribution in [3.8, 4) is 5.69 Å². The summed E-state index contributed by atoms with van der Waals surface area (Å²) in [5.74, 6) is 1.61. The van der Waals surface area contributed by atoms with E-state index in [-0.39, 0.29) is 17.7 Å². The molecule has 0 saturated heterocycles. The highest BCUT2D eigenvalue weighted by atomic mass is 16.5. The van der Waals surface area contributed by atoms with E-state index in [1.807, 2.05) is 65.5 Å². The zero-order chi connectivity index (χ0) is 26.6. The largest absolute Gasteiger partial charge is 0.469 e. The molecule has 7 nitrogen and oxygen atoms in total. The molecule has 4 bridgehead atoms. The number of para-hydroxylation sites is 2. The summed E-state index contributed by atoms with van der Waals surface area (Å²) in [6.07, 6.45) is 11.4. The van der Waals surface area contributed by atoms with Gasteiger partial charge in [-0.15, -0.1) is 0 Å². The van der Waals surface area contributed by atoms with E-state index in [1.54, 1.807) is 0 Å². The standard InChI is InChI=1S/C32H32N4O3/c1-39-29(37)16-28-27(31(38)36(33-28)26-10-6-3-7-11-26)15-24-20-35(25-8-4-2-5-9-25)34-30(24)32-17-21-12-22(18-32)14-23(13-21)19-32/h2-11,15,20-23H,12-14,16-19H2,1H3. The zero-order valence-electron chi connectivity index (χ0n) is 22.1. The second kappa shape index (κ2) is 9.33. The van der Waals surface area contributed by atoms with Crippen LogP contribution < -0.4 is 5.01 Å². The first-order valence-electron chi connectivity index (χ1n) is 13.9. The fourth-order valence-corrected chi connectivity index (χ4v) is 7.86. The Morgan fingerprint density at radius 3 is 2.13 bits per heavy atom. The van der Waals surface area contributed by atoms with Gasteiger partial charge >= 0.3 is 5.97 Å². The van der Waals surface area contributed by atoms with Crippen LogP contribution >= 0.6 is 0 Å². The van der Waals surface area contributed by atoms with Gasteiger partial charge in [-0.1, -0.05) is 36.4 Å². The Labute approximate surface area is 228 Å². The quantitative estimate of drug-likeness (QED) is 0.309. The molecule has 4 fully saturated rings. The summed E-state index contributed by atoms with van der Waals surface area (Å²) in [6.45, 7) is 0. The average molecular weight is 521 g/mol. The minimum atomic E-state index is -0.427. The molecule has 5 aliphatic rings. The molecule has 0 spiro atoms. The summed E-state index contributed by atoms with van der Waals surface area (Å²) in [6, 6.07) is 19.4. The third-order valence-corrected chi connectivity index (χ3v) is 9.10. The number of benzene rings is 2. The number of esters is 1. The molecule has 4 saturated carbocycles. The van der Waals surface area contributed by atoms with Crippen LogP contribution in [0.5, 0.6) is 0 Å². The third kappa shape index (κ3) is 4.20. The number of carbonyl (C=O) groups is 2. The van der Waals surface area contributed by atoms with E-state index in [0.717, 1.165) is 54.0 Å². The Balaban J connectivity index is 1.35. The second-order valence-electron chi connectivity index (χ2n) is 11.7. The minimum Gasteiger partial charge on any atom is -0.469 e. The maximum absolute atomic E-state index is 13.8. The minimum absolute atomic E-state index is 0.0294.